The number of ether oxygens (including phenoxy) is 1. The quantitative estimate of drug-likeness (QED) is 0.878. The Morgan fingerprint density at radius 3 is 2.58 bits per heavy atom. The molecule has 0 amide bonds. The molecule has 2 aliphatic rings. The summed E-state index contributed by atoms with van der Waals surface area (Å²) in [5.41, 5.74) is 1.60. The van der Waals surface area contributed by atoms with E-state index >= 15 is 0 Å². The normalized spacial score (nSPS) is 24.7. The smallest absolute Gasteiger partial charge is 0.0586 e. The number of nitrogens with zero attached hydrogens (tertiary/aromatic N) is 2. The van der Waals surface area contributed by atoms with Crippen LogP contribution in [-0.4, -0.2) is 55.3 Å². The molecule has 1 aromatic heterocycles. The Morgan fingerprint density at radius 1 is 1.32 bits per heavy atom. The summed E-state index contributed by atoms with van der Waals surface area (Å²) >= 11 is 0. The van der Waals surface area contributed by atoms with Crippen molar-refractivity contribution >= 4 is 0 Å². The summed E-state index contributed by atoms with van der Waals surface area (Å²) in [6.07, 6.45) is 4.97. The fourth-order valence-electron chi connectivity index (χ4n) is 3.27. The zero-order chi connectivity index (χ0) is 13.1. The molecule has 104 valence electrons. The zero-order valence-corrected chi connectivity index (χ0v) is 11.6. The molecule has 0 aromatic carbocycles. The number of nitrogens with one attached hydrogen (secondary N) is 1. The minimum Gasteiger partial charge on any atom is -0.379 e. The van der Waals surface area contributed by atoms with Gasteiger partial charge in [-0.05, 0) is 31.0 Å². The van der Waals surface area contributed by atoms with E-state index in [9.17, 15) is 0 Å². The Labute approximate surface area is 115 Å². The molecular weight excluding hydrogens is 238 g/mol. The van der Waals surface area contributed by atoms with Crippen molar-refractivity contribution in [3.05, 3.63) is 30.1 Å². The van der Waals surface area contributed by atoms with E-state index in [-0.39, 0.29) is 5.41 Å². The third-order valence-electron chi connectivity index (χ3n) is 4.51. The summed E-state index contributed by atoms with van der Waals surface area (Å²) in [7, 11) is 0. The van der Waals surface area contributed by atoms with Gasteiger partial charge in [0.25, 0.3) is 0 Å². The summed E-state index contributed by atoms with van der Waals surface area (Å²) in [4.78, 5) is 6.72. The molecule has 4 nitrogen and oxygen atoms in total. The summed E-state index contributed by atoms with van der Waals surface area (Å²) in [6, 6.07) is 4.90. The number of piperazine rings is 1. The highest BCUT2D eigenvalue weighted by atomic mass is 16.5. The highest BCUT2D eigenvalue weighted by Gasteiger charge is 2.42. The van der Waals surface area contributed by atoms with Gasteiger partial charge in [-0.15, -0.1) is 0 Å². The second-order valence-corrected chi connectivity index (χ2v) is 5.85. The molecule has 19 heavy (non-hydrogen) atoms. The monoisotopic (exact) mass is 261 g/mol. The molecule has 1 atom stereocenters. The van der Waals surface area contributed by atoms with E-state index in [2.05, 4.69) is 34.3 Å². The average Bonchev–Trinajstić information content (AvgIpc) is 2.44. The molecule has 0 radical (unpaired) electrons. The van der Waals surface area contributed by atoms with E-state index in [4.69, 9.17) is 4.74 Å². The highest BCUT2D eigenvalue weighted by Crippen LogP contribution is 2.37. The lowest BCUT2D eigenvalue weighted by Gasteiger charge is -2.46. The molecule has 3 rings (SSSR count). The lowest BCUT2D eigenvalue weighted by Crippen LogP contribution is -2.54. The van der Waals surface area contributed by atoms with Crippen LogP contribution in [-0.2, 0) is 10.2 Å². The fraction of sp³-hybridized carbons (Fsp3) is 0.667. The number of aromatic nitrogens is 1. The maximum atomic E-state index is 5.53. The Kier molecular flexibility index (Phi) is 3.82. The third-order valence-corrected chi connectivity index (χ3v) is 4.51. The molecule has 2 saturated heterocycles. The Bertz CT molecular complexity index is 399. The molecule has 4 heteroatoms. The van der Waals surface area contributed by atoms with E-state index in [1.165, 1.54) is 12.0 Å². The lowest BCUT2D eigenvalue weighted by atomic mass is 9.74. The van der Waals surface area contributed by atoms with Gasteiger partial charge in [0.05, 0.1) is 13.2 Å². The van der Waals surface area contributed by atoms with Crippen LogP contribution in [0.5, 0.6) is 0 Å². The van der Waals surface area contributed by atoms with Crippen molar-refractivity contribution in [2.75, 3.05) is 39.4 Å². The minimum absolute atomic E-state index is 0.216. The van der Waals surface area contributed by atoms with Gasteiger partial charge in [0.2, 0.25) is 0 Å². The number of pyridine rings is 1. The highest BCUT2D eigenvalue weighted by molar-refractivity contribution is 5.26. The molecule has 2 aliphatic heterocycles. The van der Waals surface area contributed by atoms with E-state index in [0.717, 1.165) is 39.4 Å². The van der Waals surface area contributed by atoms with Crippen molar-refractivity contribution in [2.45, 2.75) is 24.8 Å². The first-order valence-electron chi connectivity index (χ1n) is 7.23. The summed E-state index contributed by atoms with van der Waals surface area (Å²) in [5, 5.41) is 3.42. The van der Waals surface area contributed by atoms with Crippen LogP contribution in [0.4, 0.5) is 0 Å². The van der Waals surface area contributed by atoms with Gasteiger partial charge in [-0.25, -0.2) is 0 Å². The Hall–Kier alpha value is -0.970. The van der Waals surface area contributed by atoms with E-state index < -0.39 is 0 Å². The standard InChI is InChI=1S/C15H23N3O/c1-13(18-8-6-17-7-9-18)10-15(11-19-12-15)14-2-4-16-5-3-14/h2-5,13,17H,6-12H2,1H3. The van der Waals surface area contributed by atoms with Crippen molar-refractivity contribution in [3.8, 4) is 0 Å². The van der Waals surface area contributed by atoms with Gasteiger partial charge in [-0.3, -0.25) is 9.88 Å². The predicted octanol–water partition coefficient (Wildman–Crippen LogP) is 1.03. The molecule has 1 aromatic rings. The molecule has 0 aliphatic carbocycles. The maximum absolute atomic E-state index is 5.53. The first-order chi connectivity index (χ1) is 9.30. The number of hydrogen-bond donors (Lipinski definition) is 1. The van der Waals surface area contributed by atoms with E-state index in [1.54, 1.807) is 0 Å². The largest absolute Gasteiger partial charge is 0.379 e. The Morgan fingerprint density at radius 2 is 2.00 bits per heavy atom. The molecule has 1 unspecified atom stereocenters. The van der Waals surface area contributed by atoms with Gasteiger partial charge < -0.3 is 10.1 Å². The fourth-order valence-corrected chi connectivity index (χ4v) is 3.27. The van der Waals surface area contributed by atoms with Crippen molar-refractivity contribution in [1.82, 2.24) is 15.2 Å². The van der Waals surface area contributed by atoms with Crippen LogP contribution in [0.3, 0.4) is 0 Å². The van der Waals surface area contributed by atoms with Crippen molar-refractivity contribution in [3.63, 3.8) is 0 Å². The van der Waals surface area contributed by atoms with Crippen LogP contribution in [0.2, 0.25) is 0 Å². The first-order valence-corrected chi connectivity index (χ1v) is 7.23. The summed E-state index contributed by atoms with van der Waals surface area (Å²) < 4.78 is 5.53. The molecule has 3 heterocycles. The molecular formula is C15H23N3O. The summed E-state index contributed by atoms with van der Waals surface area (Å²) in [6.45, 7) is 8.61. The van der Waals surface area contributed by atoms with Gasteiger partial charge in [0.15, 0.2) is 0 Å². The minimum atomic E-state index is 0.216. The van der Waals surface area contributed by atoms with Crippen molar-refractivity contribution in [2.24, 2.45) is 0 Å². The second-order valence-electron chi connectivity index (χ2n) is 5.85. The van der Waals surface area contributed by atoms with Crippen LogP contribution in [0.25, 0.3) is 0 Å². The third kappa shape index (κ3) is 2.66. The first kappa shape index (κ1) is 13.0. The van der Waals surface area contributed by atoms with Gasteiger partial charge in [0, 0.05) is 50.0 Å². The van der Waals surface area contributed by atoms with Crippen molar-refractivity contribution in [1.29, 1.82) is 0 Å². The topological polar surface area (TPSA) is 37.4 Å². The Balaban J connectivity index is 1.69. The van der Waals surface area contributed by atoms with Crippen LogP contribution < -0.4 is 5.32 Å². The zero-order valence-electron chi connectivity index (χ0n) is 11.6. The van der Waals surface area contributed by atoms with Gasteiger partial charge in [0.1, 0.15) is 0 Å². The van der Waals surface area contributed by atoms with Crippen LogP contribution in [0.15, 0.2) is 24.5 Å². The number of hydrogen-bond acceptors (Lipinski definition) is 4. The van der Waals surface area contributed by atoms with Crippen molar-refractivity contribution < 1.29 is 4.74 Å². The maximum Gasteiger partial charge on any atom is 0.0586 e. The molecule has 2 fully saturated rings. The predicted molar refractivity (Wildman–Crippen MR) is 75.3 cm³/mol. The lowest BCUT2D eigenvalue weighted by molar-refractivity contribution is -0.0747. The molecule has 0 spiro atoms. The average molecular weight is 261 g/mol. The number of rotatable bonds is 4. The van der Waals surface area contributed by atoms with Crippen LogP contribution in [0.1, 0.15) is 18.9 Å². The molecule has 1 N–H and O–H groups in total. The van der Waals surface area contributed by atoms with E-state index in [0.29, 0.717) is 6.04 Å². The summed E-state index contributed by atoms with van der Waals surface area (Å²) in [5.74, 6) is 0. The van der Waals surface area contributed by atoms with E-state index in [1.807, 2.05) is 12.4 Å². The van der Waals surface area contributed by atoms with Gasteiger partial charge >= 0.3 is 0 Å². The molecule has 0 saturated carbocycles. The SMILES string of the molecule is CC(CC1(c2ccncc2)COC1)N1CCNCC1. The second kappa shape index (κ2) is 5.57. The van der Waals surface area contributed by atoms with Gasteiger partial charge in [-0.2, -0.15) is 0 Å². The van der Waals surface area contributed by atoms with Gasteiger partial charge in [-0.1, -0.05) is 0 Å². The van der Waals surface area contributed by atoms with Crippen LogP contribution >= 0.6 is 0 Å². The molecule has 0 bridgehead atoms. The van der Waals surface area contributed by atoms with Crippen LogP contribution in [0, 0.1) is 0 Å².